The van der Waals surface area contributed by atoms with E-state index in [1.54, 1.807) is 12.1 Å². The van der Waals surface area contributed by atoms with Crippen molar-refractivity contribution in [3.8, 4) is 5.75 Å². The summed E-state index contributed by atoms with van der Waals surface area (Å²) in [5.41, 5.74) is 0.774. The maximum Gasteiger partial charge on any atom is 0.220 e. The van der Waals surface area contributed by atoms with E-state index in [1.165, 1.54) is 0 Å². The molecule has 1 saturated carbocycles. The molecule has 98 valence electrons. The third-order valence-electron chi connectivity index (χ3n) is 3.29. The Morgan fingerprint density at radius 2 is 2.11 bits per heavy atom. The minimum atomic E-state index is -0.404. The lowest BCUT2D eigenvalue weighted by Gasteiger charge is -2.10. The van der Waals surface area contributed by atoms with E-state index in [1.807, 2.05) is 12.1 Å². The summed E-state index contributed by atoms with van der Waals surface area (Å²) in [4.78, 5) is 11.6. The van der Waals surface area contributed by atoms with Gasteiger partial charge in [-0.15, -0.1) is 0 Å². The molecule has 0 radical (unpaired) electrons. The Labute approximate surface area is 107 Å². The molecule has 0 heterocycles. The fourth-order valence-electron chi connectivity index (χ4n) is 1.92. The highest BCUT2D eigenvalue weighted by Crippen LogP contribution is 2.32. The molecule has 0 spiro atoms. The van der Waals surface area contributed by atoms with Gasteiger partial charge in [0.05, 0.1) is 6.10 Å². The molecule has 18 heavy (non-hydrogen) atoms. The first kappa shape index (κ1) is 12.9. The van der Waals surface area contributed by atoms with Crippen LogP contribution >= 0.6 is 0 Å². The van der Waals surface area contributed by atoms with Crippen LogP contribution in [0.5, 0.6) is 5.75 Å². The zero-order valence-electron chi connectivity index (χ0n) is 10.3. The zero-order chi connectivity index (χ0) is 13.0. The van der Waals surface area contributed by atoms with Crippen LogP contribution in [-0.4, -0.2) is 28.8 Å². The molecule has 0 saturated heterocycles. The van der Waals surface area contributed by atoms with E-state index in [4.69, 9.17) is 0 Å². The largest absolute Gasteiger partial charge is 0.508 e. The molecule has 0 aromatic heterocycles. The number of aromatic hydroxyl groups is 1. The lowest BCUT2D eigenvalue weighted by Crippen LogP contribution is -2.33. The molecule has 1 aliphatic rings. The summed E-state index contributed by atoms with van der Waals surface area (Å²) in [6, 6.07) is 7.01. The fraction of sp³-hybridized carbons (Fsp3) is 0.500. The number of hydrogen-bond acceptors (Lipinski definition) is 3. The number of phenols is 1. The second-order valence-electron chi connectivity index (χ2n) is 4.84. The van der Waals surface area contributed by atoms with Crippen LogP contribution in [0.25, 0.3) is 0 Å². The van der Waals surface area contributed by atoms with E-state index >= 15 is 0 Å². The van der Waals surface area contributed by atoms with Crippen LogP contribution in [0.15, 0.2) is 24.3 Å². The topological polar surface area (TPSA) is 69.6 Å². The number of carbonyl (C=O) groups is 1. The van der Waals surface area contributed by atoms with Crippen LogP contribution in [0.2, 0.25) is 0 Å². The first-order valence-corrected chi connectivity index (χ1v) is 6.38. The molecule has 1 aromatic rings. The Hall–Kier alpha value is -1.55. The van der Waals surface area contributed by atoms with Crippen LogP contribution in [0.3, 0.4) is 0 Å². The molecule has 1 amide bonds. The van der Waals surface area contributed by atoms with Gasteiger partial charge in [0.1, 0.15) is 5.75 Å². The number of nitrogens with one attached hydrogen (secondary N) is 1. The Morgan fingerprint density at radius 1 is 1.39 bits per heavy atom. The number of amides is 1. The van der Waals surface area contributed by atoms with Crippen molar-refractivity contribution in [1.82, 2.24) is 5.32 Å². The molecule has 0 bridgehead atoms. The molecule has 1 aromatic carbocycles. The van der Waals surface area contributed by atoms with Crippen LogP contribution in [0.1, 0.15) is 24.8 Å². The van der Waals surface area contributed by atoms with Crippen LogP contribution in [-0.2, 0) is 11.2 Å². The monoisotopic (exact) mass is 249 g/mol. The van der Waals surface area contributed by atoms with Gasteiger partial charge < -0.3 is 15.5 Å². The van der Waals surface area contributed by atoms with E-state index in [9.17, 15) is 15.0 Å². The molecule has 4 nitrogen and oxygen atoms in total. The lowest BCUT2D eigenvalue weighted by molar-refractivity contribution is -0.121. The molecule has 1 aliphatic carbocycles. The standard InChI is InChI=1S/C14H19NO3/c16-12-4-2-1-3-10(12)7-8-14(18)15-9-13(17)11-5-6-11/h1-4,11,13,16-17H,5-9H2,(H,15,18). The van der Waals surface area contributed by atoms with Gasteiger partial charge in [-0.3, -0.25) is 4.79 Å². The van der Waals surface area contributed by atoms with Gasteiger partial charge in [0.2, 0.25) is 5.91 Å². The SMILES string of the molecule is O=C(CCc1ccccc1O)NCC(O)C1CC1. The summed E-state index contributed by atoms with van der Waals surface area (Å²) < 4.78 is 0. The van der Waals surface area contributed by atoms with Crippen molar-refractivity contribution < 1.29 is 15.0 Å². The van der Waals surface area contributed by atoms with Gasteiger partial charge in [0.25, 0.3) is 0 Å². The number of phenolic OH excluding ortho intramolecular Hbond substituents is 1. The van der Waals surface area contributed by atoms with Gasteiger partial charge in [-0.1, -0.05) is 18.2 Å². The van der Waals surface area contributed by atoms with Crippen molar-refractivity contribution in [3.05, 3.63) is 29.8 Å². The third kappa shape index (κ3) is 3.74. The number of aliphatic hydroxyl groups is 1. The molecular formula is C14H19NO3. The molecule has 2 rings (SSSR count). The van der Waals surface area contributed by atoms with E-state index in [-0.39, 0.29) is 11.7 Å². The molecule has 1 unspecified atom stereocenters. The molecule has 1 atom stereocenters. The van der Waals surface area contributed by atoms with Crippen LogP contribution in [0.4, 0.5) is 0 Å². The first-order valence-electron chi connectivity index (χ1n) is 6.38. The summed E-state index contributed by atoms with van der Waals surface area (Å²) in [7, 11) is 0. The van der Waals surface area contributed by atoms with Gasteiger partial charge in [-0.2, -0.15) is 0 Å². The van der Waals surface area contributed by atoms with Crippen molar-refractivity contribution in [3.63, 3.8) is 0 Å². The number of hydrogen-bond donors (Lipinski definition) is 3. The lowest BCUT2D eigenvalue weighted by atomic mass is 10.1. The minimum absolute atomic E-state index is 0.0852. The number of rotatable bonds is 6. The first-order chi connectivity index (χ1) is 8.66. The highest BCUT2D eigenvalue weighted by molar-refractivity contribution is 5.76. The van der Waals surface area contributed by atoms with Crippen LogP contribution in [0, 0.1) is 5.92 Å². The Morgan fingerprint density at radius 3 is 2.78 bits per heavy atom. The van der Waals surface area contributed by atoms with Crippen molar-refractivity contribution >= 4 is 5.91 Å². The van der Waals surface area contributed by atoms with Gasteiger partial charge in [-0.05, 0) is 36.8 Å². The smallest absolute Gasteiger partial charge is 0.220 e. The predicted molar refractivity (Wildman–Crippen MR) is 68.2 cm³/mol. The minimum Gasteiger partial charge on any atom is -0.508 e. The average molecular weight is 249 g/mol. The Balaban J connectivity index is 1.69. The normalized spacial score (nSPS) is 16.3. The van der Waals surface area contributed by atoms with E-state index in [0.717, 1.165) is 18.4 Å². The number of aliphatic hydroxyl groups excluding tert-OH is 1. The highest BCUT2D eigenvalue weighted by Gasteiger charge is 2.29. The van der Waals surface area contributed by atoms with Gasteiger partial charge >= 0.3 is 0 Å². The van der Waals surface area contributed by atoms with Crippen molar-refractivity contribution in [1.29, 1.82) is 0 Å². The second-order valence-corrected chi connectivity index (χ2v) is 4.84. The van der Waals surface area contributed by atoms with Crippen molar-refractivity contribution in [2.24, 2.45) is 5.92 Å². The number of carbonyl (C=O) groups excluding carboxylic acids is 1. The van der Waals surface area contributed by atoms with E-state index in [2.05, 4.69) is 5.32 Å². The maximum absolute atomic E-state index is 11.6. The number of benzene rings is 1. The van der Waals surface area contributed by atoms with Crippen molar-refractivity contribution in [2.75, 3.05) is 6.54 Å². The Bertz CT molecular complexity index is 415. The second kappa shape index (κ2) is 5.87. The summed E-state index contributed by atoms with van der Waals surface area (Å²) >= 11 is 0. The van der Waals surface area contributed by atoms with E-state index in [0.29, 0.717) is 25.3 Å². The molecule has 0 aliphatic heterocycles. The number of aryl methyl sites for hydroxylation is 1. The van der Waals surface area contributed by atoms with E-state index < -0.39 is 6.10 Å². The van der Waals surface area contributed by atoms with Gasteiger partial charge in [0, 0.05) is 13.0 Å². The summed E-state index contributed by atoms with van der Waals surface area (Å²) in [6.07, 6.45) is 2.57. The molecule has 4 heteroatoms. The summed E-state index contributed by atoms with van der Waals surface area (Å²) in [5.74, 6) is 0.518. The summed E-state index contributed by atoms with van der Waals surface area (Å²) in [6.45, 7) is 0.338. The third-order valence-corrected chi connectivity index (χ3v) is 3.29. The van der Waals surface area contributed by atoms with Crippen LogP contribution < -0.4 is 5.32 Å². The molecule has 1 fully saturated rings. The zero-order valence-corrected chi connectivity index (χ0v) is 10.3. The quantitative estimate of drug-likeness (QED) is 0.710. The maximum atomic E-state index is 11.6. The Kier molecular flexibility index (Phi) is 4.20. The summed E-state index contributed by atoms with van der Waals surface area (Å²) in [5, 5.41) is 21.9. The van der Waals surface area contributed by atoms with Gasteiger partial charge in [-0.25, -0.2) is 0 Å². The average Bonchev–Trinajstić information content (AvgIpc) is 3.19. The molecular weight excluding hydrogens is 230 g/mol. The van der Waals surface area contributed by atoms with Gasteiger partial charge in [0.15, 0.2) is 0 Å². The van der Waals surface area contributed by atoms with Crippen molar-refractivity contribution in [2.45, 2.75) is 31.8 Å². The number of para-hydroxylation sites is 1. The predicted octanol–water partition coefficient (Wildman–Crippen LogP) is 1.21. The highest BCUT2D eigenvalue weighted by atomic mass is 16.3. The fourth-order valence-corrected chi connectivity index (χ4v) is 1.92. The molecule has 3 N–H and O–H groups in total.